The molecule has 3 aliphatic heterocycles. The molecule has 4 N–H and O–H groups in total. The SMILES string of the molecule is CC(CCC(=O)O)OC1OC(C)C(OC(=O)C(C)CN)CC1OC(=O)CCCCOC1OC2OC2CC1O. The maximum Gasteiger partial charge on any atom is 0.310 e. The number of carboxylic acid groups (broad SMARTS) is 1. The van der Waals surface area contributed by atoms with E-state index in [4.69, 9.17) is 44.0 Å². The molecule has 10 atom stereocenters. The van der Waals surface area contributed by atoms with Crippen LogP contribution in [0.4, 0.5) is 0 Å². The van der Waals surface area contributed by atoms with Crippen LogP contribution < -0.4 is 5.73 Å². The Hall–Kier alpha value is -1.87. The Kier molecular flexibility index (Phi) is 11.7. The molecule has 0 saturated carbocycles. The van der Waals surface area contributed by atoms with E-state index in [0.29, 0.717) is 25.9 Å². The number of aliphatic hydroxyl groups is 1. The molecule has 0 aromatic rings. The van der Waals surface area contributed by atoms with E-state index in [-0.39, 0.29) is 44.6 Å². The van der Waals surface area contributed by atoms with Crippen LogP contribution in [0.25, 0.3) is 0 Å². The number of esters is 2. The van der Waals surface area contributed by atoms with Gasteiger partial charge in [0.05, 0.1) is 18.1 Å². The molecule has 0 aromatic heterocycles. The number of hydrogen-bond donors (Lipinski definition) is 3. The second-order valence-electron chi connectivity index (χ2n) is 10.1. The lowest BCUT2D eigenvalue weighted by molar-refractivity contribution is -0.280. The Bertz CT molecular complexity index is 796. The molecule has 10 unspecified atom stereocenters. The number of carbonyl (C=O) groups excluding carboxylic acids is 2. The third-order valence-corrected chi connectivity index (χ3v) is 6.73. The molecular weight excluding hydrogens is 506 g/mol. The molecule has 13 heteroatoms. The summed E-state index contributed by atoms with van der Waals surface area (Å²) >= 11 is 0. The van der Waals surface area contributed by atoms with E-state index in [1.165, 1.54) is 0 Å². The second kappa shape index (κ2) is 14.5. The fourth-order valence-corrected chi connectivity index (χ4v) is 4.21. The zero-order valence-electron chi connectivity index (χ0n) is 22.2. The summed E-state index contributed by atoms with van der Waals surface area (Å²) in [5, 5.41) is 18.9. The quantitative estimate of drug-likeness (QED) is 0.149. The van der Waals surface area contributed by atoms with Crippen molar-refractivity contribution >= 4 is 17.9 Å². The minimum Gasteiger partial charge on any atom is -0.481 e. The van der Waals surface area contributed by atoms with Gasteiger partial charge in [0.15, 0.2) is 25.0 Å². The second-order valence-corrected chi connectivity index (χ2v) is 10.1. The van der Waals surface area contributed by atoms with Crippen molar-refractivity contribution in [1.82, 2.24) is 0 Å². The summed E-state index contributed by atoms with van der Waals surface area (Å²) in [5.74, 6) is -2.39. The minimum atomic E-state index is -0.944. The molecule has 3 rings (SSSR count). The number of epoxide rings is 1. The lowest BCUT2D eigenvalue weighted by Crippen LogP contribution is -2.51. The number of hydrogen-bond acceptors (Lipinski definition) is 12. The number of aliphatic hydroxyl groups excluding tert-OH is 1. The molecule has 3 aliphatic rings. The van der Waals surface area contributed by atoms with E-state index in [0.717, 1.165) is 0 Å². The number of ether oxygens (including phenoxy) is 7. The van der Waals surface area contributed by atoms with Crippen LogP contribution in [-0.4, -0.2) is 96.8 Å². The first-order valence-corrected chi connectivity index (χ1v) is 13.3. The van der Waals surface area contributed by atoms with E-state index < -0.39 is 66.9 Å². The average Bonchev–Trinajstić information content (AvgIpc) is 3.62. The summed E-state index contributed by atoms with van der Waals surface area (Å²) in [6, 6.07) is 0. The van der Waals surface area contributed by atoms with Crippen LogP contribution in [0.5, 0.6) is 0 Å². The number of rotatable bonds is 15. The van der Waals surface area contributed by atoms with Gasteiger partial charge >= 0.3 is 17.9 Å². The maximum atomic E-state index is 12.6. The van der Waals surface area contributed by atoms with Crippen LogP contribution >= 0.6 is 0 Å². The number of unbranched alkanes of at least 4 members (excludes halogenated alkanes) is 1. The first-order valence-electron chi connectivity index (χ1n) is 13.3. The van der Waals surface area contributed by atoms with E-state index in [1.54, 1.807) is 20.8 Å². The maximum absolute atomic E-state index is 12.6. The molecule has 3 saturated heterocycles. The third-order valence-electron chi connectivity index (χ3n) is 6.73. The Morgan fingerprint density at radius 1 is 1.00 bits per heavy atom. The van der Waals surface area contributed by atoms with E-state index >= 15 is 0 Å². The molecule has 38 heavy (non-hydrogen) atoms. The Morgan fingerprint density at radius 2 is 1.76 bits per heavy atom. The summed E-state index contributed by atoms with van der Waals surface area (Å²) in [6.07, 6.45) is -3.39. The molecule has 3 heterocycles. The number of aliphatic carboxylic acids is 1. The van der Waals surface area contributed by atoms with Gasteiger partial charge in [-0.05, 0) is 33.1 Å². The zero-order chi connectivity index (χ0) is 27.8. The highest BCUT2D eigenvalue weighted by Gasteiger charge is 2.50. The Morgan fingerprint density at radius 3 is 2.47 bits per heavy atom. The van der Waals surface area contributed by atoms with Gasteiger partial charge in [0, 0.05) is 38.8 Å². The lowest BCUT2D eigenvalue weighted by atomic mass is 10.0. The largest absolute Gasteiger partial charge is 0.481 e. The standard InChI is InChI=1S/C25H41NO12/c1-13(12-26)22(31)36-17-11-19(24(34-15(17)3)33-14(2)7-8-20(28)29)35-21(30)6-4-5-9-32-23-16(27)10-18-25(37-18)38-23/h13-19,23-25,27H,4-12,26H2,1-3H3,(H,28,29). The highest BCUT2D eigenvalue weighted by atomic mass is 16.8. The third kappa shape index (κ3) is 9.40. The summed E-state index contributed by atoms with van der Waals surface area (Å²) in [4.78, 5) is 35.8. The lowest BCUT2D eigenvalue weighted by Gasteiger charge is -2.40. The van der Waals surface area contributed by atoms with Crippen molar-refractivity contribution in [2.75, 3.05) is 13.2 Å². The summed E-state index contributed by atoms with van der Waals surface area (Å²) < 4.78 is 39.3. The van der Waals surface area contributed by atoms with Crippen LogP contribution in [0.15, 0.2) is 0 Å². The zero-order valence-corrected chi connectivity index (χ0v) is 22.2. The molecule has 0 spiro atoms. The van der Waals surface area contributed by atoms with Crippen molar-refractivity contribution in [3.63, 3.8) is 0 Å². The molecule has 3 fully saturated rings. The van der Waals surface area contributed by atoms with Crippen molar-refractivity contribution < 1.29 is 57.8 Å². The van der Waals surface area contributed by atoms with Gasteiger partial charge in [-0.1, -0.05) is 6.92 Å². The van der Waals surface area contributed by atoms with Gasteiger partial charge in [-0.2, -0.15) is 0 Å². The first-order chi connectivity index (χ1) is 18.1. The van der Waals surface area contributed by atoms with Crippen LogP contribution in [0.2, 0.25) is 0 Å². The van der Waals surface area contributed by atoms with Crippen LogP contribution in [0.1, 0.15) is 65.7 Å². The number of carboxylic acids is 1. The summed E-state index contributed by atoms with van der Waals surface area (Å²) in [5.41, 5.74) is 5.56. The van der Waals surface area contributed by atoms with Crippen LogP contribution in [-0.2, 0) is 47.5 Å². The van der Waals surface area contributed by atoms with Gasteiger partial charge in [-0.25, -0.2) is 0 Å². The smallest absolute Gasteiger partial charge is 0.310 e. The minimum absolute atomic E-state index is 0.0495. The van der Waals surface area contributed by atoms with Crippen molar-refractivity contribution in [2.24, 2.45) is 11.7 Å². The van der Waals surface area contributed by atoms with E-state index in [2.05, 4.69) is 0 Å². The average molecular weight is 548 g/mol. The van der Waals surface area contributed by atoms with Crippen molar-refractivity contribution in [2.45, 2.75) is 121 Å². The molecule has 0 amide bonds. The molecule has 0 radical (unpaired) electrons. The van der Waals surface area contributed by atoms with Gasteiger partial charge < -0.3 is 49.1 Å². The number of nitrogens with two attached hydrogens (primary N) is 1. The van der Waals surface area contributed by atoms with Crippen molar-refractivity contribution in [1.29, 1.82) is 0 Å². The highest BCUT2D eigenvalue weighted by Crippen LogP contribution is 2.35. The number of carbonyl (C=O) groups is 3. The van der Waals surface area contributed by atoms with Gasteiger partial charge in [0.2, 0.25) is 0 Å². The van der Waals surface area contributed by atoms with Crippen molar-refractivity contribution in [3.05, 3.63) is 0 Å². The topological polar surface area (TPSA) is 186 Å². The fourth-order valence-electron chi connectivity index (χ4n) is 4.21. The predicted molar refractivity (Wildman–Crippen MR) is 128 cm³/mol. The Balaban J connectivity index is 1.47. The van der Waals surface area contributed by atoms with Gasteiger partial charge in [0.1, 0.15) is 18.3 Å². The van der Waals surface area contributed by atoms with Gasteiger partial charge in [-0.15, -0.1) is 0 Å². The van der Waals surface area contributed by atoms with Crippen LogP contribution in [0, 0.1) is 5.92 Å². The summed E-state index contributed by atoms with van der Waals surface area (Å²) in [7, 11) is 0. The molecular formula is C25H41NO12. The predicted octanol–water partition coefficient (Wildman–Crippen LogP) is 0.829. The first kappa shape index (κ1) is 30.7. The summed E-state index contributed by atoms with van der Waals surface area (Å²) in [6.45, 7) is 5.53. The number of fused-ring (bicyclic) bond motifs is 1. The van der Waals surface area contributed by atoms with E-state index in [1.807, 2.05) is 0 Å². The van der Waals surface area contributed by atoms with E-state index in [9.17, 15) is 19.5 Å². The monoisotopic (exact) mass is 547 g/mol. The molecule has 218 valence electrons. The van der Waals surface area contributed by atoms with Crippen LogP contribution in [0.3, 0.4) is 0 Å². The normalized spacial score (nSPS) is 34.0. The van der Waals surface area contributed by atoms with Crippen molar-refractivity contribution in [3.8, 4) is 0 Å². The fraction of sp³-hybridized carbons (Fsp3) is 0.880. The molecule has 0 aliphatic carbocycles. The Labute approximate surface area is 222 Å². The highest BCUT2D eigenvalue weighted by molar-refractivity contribution is 5.72. The molecule has 0 bridgehead atoms. The van der Waals surface area contributed by atoms with Gasteiger partial charge in [-0.3, -0.25) is 14.4 Å². The van der Waals surface area contributed by atoms with Gasteiger partial charge in [0.25, 0.3) is 0 Å². The molecule has 13 nitrogen and oxygen atoms in total. The molecule has 0 aromatic carbocycles.